The van der Waals surface area contributed by atoms with Gasteiger partial charge in [-0.3, -0.25) is 4.98 Å². The molecule has 0 saturated carbocycles. The average Bonchev–Trinajstić information content (AvgIpc) is 3.02. The fourth-order valence-corrected chi connectivity index (χ4v) is 5.97. The van der Waals surface area contributed by atoms with Crippen LogP contribution in [-0.2, 0) is 4.74 Å². The van der Waals surface area contributed by atoms with E-state index in [4.69, 9.17) is 9.47 Å². The molecule has 0 radical (unpaired) electrons. The number of piperidine rings is 1. The van der Waals surface area contributed by atoms with E-state index in [0.29, 0.717) is 23.9 Å². The van der Waals surface area contributed by atoms with Gasteiger partial charge in [0.2, 0.25) is 0 Å². The lowest BCUT2D eigenvalue weighted by Gasteiger charge is -2.40. The van der Waals surface area contributed by atoms with Crippen LogP contribution in [0.2, 0.25) is 0 Å². The van der Waals surface area contributed by atoms with Crippen molar-refractivity contribution in [2.75, 3.05) is 7.11 Å². The van der Waals surface area contributed by atoms with Gasteiger partial charge in [-0.05, 0) is 61.8 Å². The van der Waals surface area contributed by atoms with Crippen LogP contribution in [0.25, 0.3) is 11.1 Å². The van der Waals surface area contributed by atoms with Crippen molar-refractivity contribution in [3.63, 3.8) is 0 Å². The van der Waals surface area contributed by atoms with Crippen LogP contribution in [0.1, 0.15) is 43.6 Å². The highest BCUT2D eigenvalue weighted by Gasteiger charge is 2.43. The molecule has 4 aliphatic rings. The summed E-state index contributed by atoms with van der Waals surface area (Å²) in [6, 6.07) is 12.1. The summed E-state index contributed by atoms with van der Waals surface area (Å²) in [6.45, 7) is 0. The molecule has 1 N–H and O–H groups in total. The molecule has 2 aromatic rings. The molecule has 3 unspecified atom stereocenters. The monoisotopic (exact) mass is 412 g/mol. The Morgan fingerprint density at radius 1 is 1.10 bits per heavy atom. The first kappa shape index (κ1) is 18.9. The number of hydrogen-bond acceptors (Lipinski definition) is 4. The highest BCUT2D eigenvalue weighted by Crippen LogP contribution is 2.52. The first-order valence-corrected chi connectivity index (χ1v) is 11.4. The Hall–Kier alpha value is -2.85. The van der Waals surface area contributed by atoms with Gasteiger partial charge in [0.25, 0.3) is 0 Å². The average molecular weight is 413 g/mol. The quantitative estimate of drug-likeness (QED) is 0.723. The number of rotatable bonds is 3. The third-order valence-electron chi connectivity index (χ3n) is 7.32. The van der Waals surface area contributed by atoms with Crippen LogP contribution >= 0.6 is 0 Å². The van der Waals surface area contributed by atoms with E-state index >= 15 is 0 Å². The zero-order valence-electron chi connectivity index (χ0n) is 17.9. The van der Waals surface area contributed by atoms with Gasteiger partial charge in [-0.25, -0.2) is 0 Å². The molecule has 0 amide bonds. The minimum absolute atomic E-state index is 0.344. The first-order valence-electron chi connectivity index (χ1n) is 11.4. The lowest BCUT2D eigenvalue weighted by atomic mass is 9.72. The van der Waals surface area contributed by atoms with Gasteiger partial charge in [0.15, 0.2) is 11.5 Å². The molecular formula is C27H28N2O2. The normalized spacial score (nSPS) is 28.9. The summed E-state index contributed by atoms with van der Waals surface area (Å²) >= 11 is 0. The molecule has 1 aliphatic carbocycles. The summed E-state index contributed by atoms with van der Waals surface area (Å²) in [5.74, 6) is 3.63. The third-order valence-corrected chi connectivity index (χ3v) is 7.32. The number of ether oxygens (including phenoxy) is 2. The van der Waals surface area contributed by atoms with Gasteiger partial charge in [-0.1, -0.05) is 30.4 Å². The zero-order valence-corrected chi connectivity index (χ0v) is 17.9. The molecule has 6 rings (SSSR count). The largest absolute Gasteiger partial charge is 0.493 e. The summed E-state index contributed by atoms with van der Waals surface area (Å²) in [5.41, 5.74) is 4.85. The van der Waals surface area contributed by atoms with Gasteiger partial charge >= 0.3 is 0 Å². The topological polar surface area (TPSA) is 43.4 Å². The Bertz CT molecular complexity index is 1070. The van der Waals surface area contributed by atoms with E-state index < -0.39 is 0 Å². The lowest BCUT2D eigenvalue weighted by molar-refractivity contribution is 0.242. The number of methoxy groups -OCH3 is 1. The minimum atomic E-state index is 0.344. The van der Waals surface area contributed by atoms with E-state index in [1.165, 1.54) is 36.8 Å². The Morgan fingerprint density at radius 2 is 1.97 bits per heavy atom. The lowest BCUT2D eigenvalue weighted by Crippen LogP contribution is -2.41. The van der Waals surface area contributed by atoms with E-state index in [1.807, 2.05) is 18.5 Å². The predicted octanol–water partition coefficient (Wildman–Crippen LogP) is 5.50. The van der Waals surface area contributed by atoms with E-state index in [0.717, 1.165) is 34.8 Å². The third kappa shape index (κ3) is 3.30. The van der Waals surface area contributed by atoms with Gasteiger partial charge in [0.05, 0.1) is 7.11 Å². The maximum Gasteiger partial charge on any atom is 0.172 e. The van der Waals surface area contributed by atoms with Gasteiger partial charge in [-0.15, -0.1) is 0 Å². The number of nitrogens with one attached hydrogen (secondary N) is 1. The summed E-state index contributed by atoms with van der Waals surface area (Å²) in [7, 11) is 1.74. The summed E-state index contributed by atoms with van der Waals surface area (Å²) in [4.78, 5) is 4.29. The van der Waals surface area contributed by atoms with E-state index in [1.54, 1.807) is 7.11 Å². The molecule has 0 spiro atoms. The molecule has 4 heteroatoms. The van der Waals surface area contributed by atoms with Crippen molar-refractivity contribution < 1.29 is 9.47 Å². The van der Waals surface area contributed by atoms with E-state index in [-0.39, 0.29) is 0 Å². The molecular weight excluding hydrogens is 384 g/mol. The smallest absolute Gasteiger partial charge is 0.172 e. The Kier molecular flexibility index (Phi) is 4.68. The number of allylic oxidation sites excluding steroid dienone is 4. The highest BCUT2D eigenvalue weighted by molar-refractivity contribution is 5.67. The number of hydrogen-bond donors (Lipinski definition) is 1. The second-order valence-electron chi connectivity index (χ2n) is 9.14. The van der Waals surface area contributed by atoms with Crippen molar-refractivity contribution in [1.82, 2.24) is 10.3 Å². The summed E-state index contributed by atoms with van der Waals surface area (Å²) in [5, 5.41) is 3.81. The maximum atomic E-state index is 6.57. The van der Waals surface area contributed by atoms with Gasteiger partial charge in [0, 0.05) is 47.1 Å². The van der Waals surface area contributed by atoms with Gasteiger partial charge in [0.1, 0.15) is 5.75 Å². The van der Waals surface area contributed by atoms with Crippen LogP contribution in [0.5, 0.6) is 5.75 Å². The number of benzene rings is 1. The predicted molar refractivity (Wildman–Crippen MR) is 122 cm³/mol. The fraction of sp³-hybridized carbons (Fsp3) is 0.370. The fourth-order valence-electron chi connectivity index (χ4n) is 5.97. The van der Waals surface area contributed by atoms with Crippen LogP contribution in [-0.4, -0.2) is 24.2 Å². The Balaban J connectivity index is 1.49. The molecule has 3 aliphatic heterocycles. The minimum Gasteiger partial charge on any atom is -0.493 e. The molecule has 2 bridgehead atoms. The second-order valence-corrected chi connectivity index (χ2v) is 9.14. The molecule has 31 heavy (non-hydrogen) atoms. The van der Waals surface area contributed by atoms with Gasteiger partial charge in [-0.2, -0.15) is 0 Å². The SMILES string of the molecule is COC1=C2Oc3cc(-c4cccnc4)ccc3C(C3CC4CCC(C3)N4)C2=CCC=C1. The molecule has 2 fully saturated rings. The molecule has 3 atom stereocenters. The molecule has 4 heterocycles. The van der Waals surface area contributed by atoms with E-state index in [2.05, 4.69) is 52.8 Å². The maximum absolute atomic E-state index is 6.57. The molecule has 1 aromatic heterocycles. The van der Waals surface area contributed by atoms with Crippen molar-refractivity contribution >= 4 is 0 Å². The van der Waals surface area contributed by atoms with Crippen LogP contribution in [0.4, 0.5) is 0 Å². The summed E-state index contributed by atoms with van der Waals surface area (Å²) < 4.78 is 12.3. The van der Waals surface area contributed by atoms with Gasteiger partial charge < -0.3 is 14.8 Å². The van der Waals surface area contributed by atoms with Crippen molar-refractivity contribution in [3.05, 3.63) is 83.6 Å². The number of pyridine rings is 1. The van der Waals surface area contributed by atoms with Crippen molar-refractivity contribution in [2.24, 2.45) is 5.92 Å². The first-order chi connectivity index (χ1) is 15.3. The molecule has 4 nitrogen and oxygen atoms in total. The number of aromatic nitrogens is 1. The molecule has 158 valence electrons. The molecule has 1 aromatic carbocycles. The number of fused-ring (bicyclic) bond motifs is 4. The Morgan fingerprint density at radius 3 is 2.74 bits per heavy atom. The van der Waals surface area contributed by atoms with Crippen molar-refractivity contribution in [1.29, 1.82) is 0 Å². The van der Waals surface area contributed by atoms with Crippen molar-refractivity contribution in [2.45, 2.75) is 50.1 Å². The van der Waals surface area contributed by atoms with E-state index in [9.17, 15) is 0 Å². The summed E-state index contributed by atoms with van der Waals surface area (Å²) in [6.07, 6.45) is 16.3. The van der Waals surface area contributed by atoms with Crippen LogP contribution < -0.4 is 10.1 Å². The standard InChI is InChI=1S/C27H28N2O2/c1-30-24-7-3-2-6-23-26(19-13-20-9-10-21(14-19)29-20)22-11-8-17(15-25(22)31-27(23)24)18-5-4-12-28-16-18/h3-8,11-12,15-16,19-21,26,29H,2,9-10,13-14H2,1H3. The molecule has 2 saturated heterocycles. The Labute approximate surface area is 183 Å². The van der Waals surface area contributed by atoms with Crippen LogP contribution in [0, 0.1) is 5.92 Å². The number of nitrogens with zero attached hydrogens (tertiary/aromatic N) is 1. The van der Waals surface area contributed by atoms with Crippen LogP contribution in [0.3, 0.4) is 0 Å². The second kappa shape index (κ2) is 7.69. The highest BCUT2D eigenvalue weighted by atomic mass is 16.5. The van der Waals surface area contributed by atoms with Crippen molar-refractivity contribution in [3.8, 4) is 16.9 Å². The zero-order chi connectivity index (χ0) is 20.8. The van der Waals surface area contributed by atoms with Crippen LogP contribution in [0.15, 0.2) is 78.0 Å².